The summed E-state index contributed by atoms with van der Waals surface area (Å²) in [6.45, 7) is 8.49. The van der Waals surface area contributed by atoms with E-state index in [0.717, 1.165) is 44.1 Å². The molecule has 1 aromatic heterocycles. The first kappa shape index (κ1) is 16.0. The lowest BCUT2D eigenvalue weighted by Gasteiger charge is -2.34. The number of amides is 1. The van der Waals surface area contributed by atoms with Crippen LogP contribution in [0.5, 0.6) is 0 Å². The molecule has 6 heteroatoms. The van der Waals surface area contributed by atoms with Crippen LogP contribution in [-0.2, 0) is 0 Å². The van der Waals surface area contributed by atoms with E-state index in [2.05, 4.69) is 16.9 Å². The van der Waals surface area contributed by atoms with Crippen LogP contribution >= 0.6 is 11.6 Å². The van der Waals surface area contributed by atoms with Crippen molar-refractivity contribution < 1.29 is 4.79 Å². The Morgan fingerprint density at radius 1 is 1.22 bits per heavy atom. The molecule has 1 aliphatic heterocycles. The van der Waals surface area contributed by atoms with Crippen LogP contribution in [0.15, 0.2) is 30.5 Å². The number of likely N-dealkylation sites (N-methyl/N-ethyl adjacent to an activating group) is 1. The van der Waals surface area contributed by atoms with Crippen LogP contribution in [0.1, 0.15) is 23.0 Å². The van der Waals surface area contributed by atoms with E-state index in [1.165, 1.54) is 0 Å². The number of carbonyl (C=O) groups excluding carboxylic acids is 1. The fourth-order valence-corrected chi connectivity index (χ4v) is 3.14. The van der Waals surface area contributed by atoms with Gasteiger partial charge in [0.15, 0.2) is 0 Å². The quantitative estimate of drug-likeness (QED) is 0.867. The normalized spacial score (nSPS) is 15.9. The second kappa shape index (κ2) is 6.72. The summed E-state index contributed by atoms with van der Waals surface area (Å²) in [6, 6.07) is 7.51. The fraction of sp³-hybridized carbons (Fsp3) is 0.412. The van der Waals surface area contributed by atoms with Gasteiger partial charge in [0.2, 0.25) is 0 Å². The highest BCUT2D eigenvalue weighted by Gasteiger charge is 2.24. The van der Waals surface area contributed by atoms with Gasteiger partial charge < -0.3 is 9.80 Å². The Morgan fingerprint density at radius 2 is 1.91 bits per heavy atom. The zero-order valence-electron chi connectivity index (χ0n) is 13.5. The summed E-state index contributed by atoms with van der Waals surface area (Å²) in [4.78, 5) is 17.0. The molecule has 5 nitrogen and oxygen atoms in total. The number of nitrogens with zero attached hydrogens (tertiary/aromatic N) is 4. The molecule has 1 amide bonds. The number of aromatic nitrogens is 2. The van der Waals surface area contributed by atoms with Gasteiger partial charge in [0.1, 0.15) is 0 Å². The standard InChI is InChI=1S/C17H21ClN4O/c1-3-20-8-10-21(11-9-20)17(23)14-12-19-22(13(14)2)16-7-5-4-6-15(16)18/h4-7,12H,3,8-11H2,1-2H3. The summed E-state index contributed by atoms with van der Waals surface area (Å²) in [5.41, 5.74) is 2.26. The highest BCUT2D eigenvalue weighted by Crippen LogP contribution is 2.22. The number of piperazine rings is 1. The number of benzene rings is 1. The molecule has 0 spiro atoms. The molecule has 1 fully saturated rings. The van der Waals surface area contributed by atoms with Gasteiger partial charge in [-0.3, -0.25) is 4.79 Å². The average Bonchev–Trinajstić information content (AvgIpc) is 2.96. The minimum Gasteiger partial charge on any atom is -0.336 e. The SMILES string of the molecule is CCN1CCN(C(=O)c2cnn(-c3ccccc3Cl)c2C)CC1. The third kappa shape index (κ3) is 3.12. The average molecular weight is 333 g/mol. The Hall–Kier alpha value is -1.85. The summed E-state index contributed by atoms with van der Waals surface area (Å²) in [6.07, 6.45) is 1.65. The molecule has 0 radical (unpaired) electrons. The molecule has 1 aliphatic rings. The Bertz CT molecular complexity index is 704. The van der Waals surface area contributed by atoms with Crippen LogP contribution in [0.2, 0.25) is 5.02 Å². The van der Waals surface area contributed by atoms with Gasteiger partial charge in [0.05, 0.1) is 28.2 Å². The molecule has 2 heterocycles. The van der Waals surface area contributed by atoms with Gasteiger partial charge in [-0.05, 0) is 25.6 Å². The number of hydrogen-bond donors (Lipinski definition) is 0. The van der Waals surface area contributed by atoms with Gasteiger partial charge in [0.25, 0.3) is 5.91 Å². The van der Waals surface area contributed by atoms with Crippen molar-refractivity contribution in [2.45, 2.75) is 13.8 Å². The summed E-state index contributed by atoms with van der Waals surface area (Å²) in [7, 11) is 0. The molecule has 0 N–H and O–H groups in total. The maximum Gasteiger partial charge on any atom is 0.257 e. The van der Waals surface area contributed by atoms with Crippen LogP contribution in [0, 0.1) is 6.92 Å². The molecule has 1 aromatic carbocycles. The van der Waals surface area contributed by atoms with E-state index in [4.69, 9.17) is 11.6 Å². The van der Waals surface area contributed by atoms with Gasteiger partial charge in [-0.25, -0.2) is 4.68 Å². The number of rotatable bonds is 3. The Labute approximate surface area is 141 Å². The largest absolute Gasteiger partial charge is 0.336 e. The molecule has 0 bridgehead atoms. The molecule has 1 saturated heterocycles. The number of halogens is 1. The van der Waals surface area contributed by atoms with Gasteiger partial charge in [-0.2, -0.15) is 5.10 Å². The van der Waals surface area contributed by atoms with Gasteiger partial charge >= 0.3 is 0 Å². The molecule has 23 heavy (non-hydrogen) atoms. The lowest BCUT2D eigenvalue weighted by atomic mass is 10.2. The van der Waals surface area contributed by atoms with Crippen molar-refractivity contribution in [2.24, 2.45) is 0 Å². The minimum absolute atomic E-state index is 0.0524. The number of hydrogen-bond acceptors (Lipinski definition) is 3. The molecule has 0 saturated carbocycles. The third-order valence-corrected chi connectivity index (χ3v) is 4.75. The highest BCUT2D eigenvalue weighted by molar-refractivity contribution is 6.32. The van der Waals surface area contributed by atoms with Gasteiger partial charge in [-0.15, -0.1) is 0 Å². The maximum atomic E-state index is 12.8. The van der Waals surface area contributed by atoms with Crippen molar-refractivity contribution in [1.29, 1.82) is 0 Å². The van der Waals surface area contributed by atoms with Crippen molar-refractivity contribution in [2.75, 3.05) is 32.7 Å². The highest BCUT2D eigenvalue weighted by atomic mass is 35.5. The lowest BCUT2D eigenvalue weighted by Crippen LogP contribution is -2.48. The third-order valence-electron chi connectivity index (χ3n) is 4.43. The molecule has 3 rings (SSSR count). The second-order valence-corrected chi connectivity index (χ2v) is 6.14. The van der Waals surface area contributed by atoms with Crippen molar-refractivity contribution >= 4 is 17.5 Å². The first-order valence-corrected chi connectivity index (χ1v) is 8.30. The van der Waals surface area contributed by atoms with Crippen LogP contribution in [-0.4, -0.2) is 58.2 Å². The first-order valence-electron chi connectivity index (χ1n) is 7.93. The van der Waals surface area contributed by atoms with E-state index in [1.807, 2.05) is 36.1 Å². The van der Waals surface area contributed by atoms with E-state index in [9.17, 15) is 4.79 Å². The molecule has 122 valence electrons. The fourth-order valence-electron chi connectivity index (χ4n) is 2.92. The predicted molar refractivity (Wildman–Crippen MR) is 91.3 cm³/mol. The van der Waals surface area contributed by atoms with Crippen LogP contribution in [0.3, 0.4) is 0 Å². The zero-order chi connectivity index (χ0) is 16.4. The summed E-state index contributed by atoms with van der Waals surface area (Å²) < 4.78 is 1.73. The summed E-state index contributed by atoms with van der Waals surface area (Å²) in [5.74, 6) is 0.0524. The van der Waals surface area contributed by atoms with E-state index >= 15 is 0 Å². The van der Waals surface area contributed by atoms with E-state index in [-0.39, 0.29) is 5.91 Å². The lowest BCUT2D eigenvalue weighted by molar-refractivity contribution is 0.0642. The molecular formula is C17H21ClN4O. The van der Waals surface area contributed by atoms with E-state index in [1.54, 1.807) is 10.9 Å². The molecular weight excluding hydrogens is 312 g/mol. The van der Waals surface area contributed by atoms with E-state index in [0.29, 0.717) is 10.6 Å². The van der Waals surface area contributed by atoms with Crippen molar-refractivity contribution in [3.05, 3.63) is 46.7 Å². The number of para-hydroxylation sites is 1. The zero-order valence-corrected chi connectivity index (χ0v) is 14.3. The van der Waals surface area contributed by atoms with Crippen molar-refractivity contribution in [3.8, 4) is 5.69 Å². The Balaban J connectivity index is 1.82. The molecule has 0 unspecified atom stereocenters. The van der Waals surface area contributed by atoms with Crippen molar-refractivity contribution in [1.82, 2.24) is 19.6 Å². The van der Waals surface area contributed by atoms with Crippen LogP contribution < -0.4 is 0 Å². The maximum absolute atomic E-state index is 12.8. The second-order valence-electron chi connectivity index (χ2n) is 5.73. The van der Waals surface area contributed by atoms with Gasteiger partial charge in [0, 0.05) is 26.2 Å². The first-order chi connectivity index (χ1) is 11.1. The molecule has 2 aromatic rings. The summed E-state index contributed by atoms with van der Waals surface area (Å²) >= 11 is 6.24. The van der Waals surface area contributed by atoms with E-state index < -0.39 is 0 Å². The monoisotopic (exact) mass is 332 g/mol. The van der Waals surface area contributed by atoms with Crippen LogP contribution in [0.25, 0.3) is 5.69 Å². The molecule has 0 aliphatic carbocycles. The number of carbonyl (C=O) groups is 1. The topological polar surface area (TPSA) is 41.4 Å². The smallest absolute Gasteiger partial charge is 0.257 e. The summed E-state index contributed by atoms with van der Waals surface area (Å²) in [5, 5.41) is 4.99. The van der Waals surface area contributed by atoms with Crippen LogP contribution in [0.4, 0.5) is 0 Å². The predicted octanol–water partition coefficient (Wildman–Crippen LogP) is 2.61. The van der Waals surface area contributed by atoms with Gasteiger partial charge in [-0.1, -0.05) is 30.7 Å². The van der Waals surface area contributed by atoms with Crippen molar-refractivity contribution in [3.63, 3.8) is 0 Å². The minimum atomic E-state index is 0.0524. The Morgan fingerprint density at radius 3 is 2.57 bits per heavy atom. The molecule has 0 atom stereocenters. The Kier molecular flexibility index (Phi) is 4.68.